The van der Waals surface area contributed by atoms with Crippen molar-refractivity contribution in [2.75, 3.05) is 19.6 Å². The maximum atomic E-state index is 12.9. The van der Waals surface area contributed by atoms with Crippen molar-refractivity contribution >= 4 is 5.91 Å². The second-order valence-corrected chi connectivity index (χ2v) is 6.88. The van der Waals surface area contributed by atoms with Gasteiger partial charge in [-0.05, 0) is 51.3 Å². The van der Waals surface area contributed by atoms with E-state index in [4.69, 9.17) is 5.73 Å². The van der Waals surface area contributed by atoms with E-state index in [2.05, 4.69) is 49.6 Å². The first-order valence-electron chi connectivity index (χ1n) is 8.75. The van der Waals surface area contributed by atoms with Crippen LogP contribution in [0.15, 0.2) is 36.4 Å². The Balaban J connectivity index is 1.88. The molecule has 1 amide bonds. The summed E-state index contributed by atoms with van der Waals surface area (Å²) in [7, 11) is 0. The van der Waals surface area contributed by atoms with E-state index in [-0.39, 0.29) is 11.9 Å². The second-order valence-electron chi connectivity index (χ2n) is 6.88. The van der Waals surface area contributed by atoms with Crippen molar-refractivity contribution < 1.29 is 4.79 Å². The molecule has 2 N–H and O–H groups in total. The van der Waals surface area contributed by atoms with Crippen LogP contribution in [0.1, 0.15) is 46.7 Å². The number of nitrogens with two attached hydrogens (primary N) is 1. The van der Waals surface area contributed by atoms with E-state index >= 15 is 0 Å². The van der Waals surface area contributed by atoms with Crippen LogP contribution in [0, 0.1) is 19.8 Å². The summed E-state index contributed by atoms with van der Waals surface area (Å²) in [4.78, 5) is 14.9. The molecule has 3 rings (SSSR count). The molecule has 24 heavy (non-hydrogen) atoms. The van der Waals surface area contributed by atoms with Crippen molar-refractivity contribution in [3.05, 3.63) is 58.9 Å². The summed E-state index contributed by atoms with van der Waals surface area (Å²) >= 11 is 0. The van der Waals surface area contributed by atoms with Gasteiger partial charge in [-0.15, -0.1) is 0 Å². The first kappa shape index (κ1) is 16.8. The molecule has 0 saturated carbocycles. The van der Waals surface area contributed by atoms with E-state index in [9.17, 15) is 4.79 Å². The lowest BCUT2D eigenvalue weighted by atomic mass is 10.1. The van der Waals surface area contributed by atoms with E-state index in [1.165, 1.54) is 5.56 Å². The lowest BCUT2D eigenvalue weighted by Gasteiger charge is -2.20. The van der Waals surface area contributed by atoms with Gasteiger partial charge in [0.05, 0.1) is 11.6 Å². The van der Waals surface area contributed by atoms with Crippen molar-refractivity contribution in [3.63, 3.8) is 0 Å². The van der Waals surface area contributed by atoms with E-state index in [1.54, 1.807) is 0 Å². The fourth-order valence-electron chi connectivity index (χ4n) is 3.85. The highest BCUT2D eigenvalue weighted by atomic mass is 16.2. The Hall–Kier alpha value is -2.07. The van der Waals surface area contributed by atoms with Gasteiger partial charge in [0.1, 0.15) is 0 Å². The summed E-state index contributed by atoms with van der Waals surface area (Å²) in [6.07, 6.45) is 1.02. The van der Waals surface area contributed by atoms with Gasteiger partial charge in [0.25, 0.3) is 5.91 Å². The number of benzene rings is 1. The Morgan fingerprint density at radius 2 is 2.00 bits per heavy atom. The van der Waals surface area contributed by atoms with Crippen LogP contribution in [0.4, 0.5) is 0 Å². The Bertz CT molecular complexity index is 720. The predicted octanol–water partition coefficient (Wildman–Crippen LogP) is 3.14. The molecule has 0 spiro atoms. The third-order valence-corrected chi connectivity index (χ3v) is 5.29. The molecule has 2 heterocycles. The zero-order valence-electron chi connectivity index (χ0n) is 14.8. The number of carbonyl (C=O) groups excluding carboxylic acids is 1. The van der Waals surface area contributed by atoms with E-state index in [0.29, 0.717) is 12.5 Å². The van der Waals surface area contributed by atoms with E-state index in [1.807, 2.05) is 17.0 Å². The number of nitrogens with zero attached hydrogens (tertiary/aromatic N) is 2. The third-order valence-electron chi connectivity index (χ3n) is 5.29. The summed E-state index contributed by atoms with van der Waals surface area (Å²) in [5.41, 5.74) is 10.0. The van der Waals surface area contributed by atoms with Gasteiger partial charge in [-0.3, -0.25) is 4.79 Å². The Morgan fingerprint density at radius 1 is 1.29 bits per heavy atom. The molecule has 1 aliphatic heterocycles. The number of hydrogen-bond donors (Lipinski definition) is 1. The van der Waals surface area contributed by atoms with Gasteiger partial charge in [-0.2, -0.15) is 0 Å². The second kappa shape index (κ2) is 6.81. The number of carbonyl (C=O) groups is 1. The SMILES string of the molecule is Cc1cc(C(=O)N2CC[C@@H](CN)C2)c(C)n1[C@H](C)c1ccccc1. The number of likely N-dealkylation sites (tertiary alicyclic amines) is 1. The lowest BCUT2D eigenvalue weighted by Crippen LogP contribution is -2.30. The molecule has 4 nitrogen and oxygen atoms in total. The highest BCUT2D eigenvalue weighted by Gasteiger charge is 2.28. The summed E-state index contributed by atoms with van der Waals surface area (Å²) in [6, 6.07) is 12.7. The zero-order chi connectivity index (χ0) is 17.3. The Labute approximate surface area is 144 Å². The van der Waals surface area contributed by atoms with Crippen molar-refractivity contribution in [2.45, 2.75) is 33.2 Å². The first-order chi connectivity index (χ1) is 11.5. The number of aromatic nitrogens is 1. The van der Waals surface area contributed by atoms with E-state index < -0.39 is 0 Å². The van der Waals surface area contributed by atoms with Gasteiger partial charge in [0, 0.05) is 24.5 Å². The Kier molecular flexibility index (Phi) is 4.76. The van der Waals surface area contributed by atoms with Gasteiger partial charge < -0.3 is 15.2 Å². The monoisotopic (exact) mass is 325 g/mol. The molecule has 2 aromatic rings. The maximum Gasteiger partial charge on any atom is 0.255 e. The molecule has 128 valence electrons. The molecule has 0 aliphatic carbocycles. The Morgan fingerprint density at radius 3 is 2.62 bits per heavy atom. The van der Waals surface area contributed by atoms with Crippen molar-refractivity contribution in [1.82, 2.24) is 9.47 Å². The minimum Gasteiger partial charge on any atom is -0.341 e. The normalized spacial score (nSPS) is 18.8. The van der Waals surface area contributed by atoms with Crippen molar-refractivity contribution in [1.29, 1.82) is 0 Å². The van der Waals surface area contributed by atoms with Gasteiger partial charge in [0.15, 0.2) is 0 Å². The molecular formula is C20H27N3O. The molecule has 1 saturated heterocycles. The lowest BCUT2D eigenvalue weighted by molar-refractivity contribution is 0.0787. The van der Waals surface area contributed by atoms with Crippen LogP contribution < -0.4 is 5.73 Å². The fraction of sp³-hybridized carbons (Fsp3) is 0.450. The quantitative estimate of drug-likeness (QED) is 0.939. The number of rotatable bonds is 4. The van der Waals surface area contributed by atoms with E-state index in [0.717, 1.165) is 36.5 Å². The summed E-state index contributed by atoms with van der Waals surface area (Å²) in [5.74, 6) is 0.589. The largest absolute Gasteiger partial charge is 0.341 e. The van der Waals surface area contributed by atoms with Gasteiger partial charge in [-0.1, -0.05) is 30.3 Å². The van der Waals surface area contributed by atoms with Crippen molar-refractivity contribution in [3.8, 4) is 0 Å². The number of aryl methyl sites for hydroxylation is 1. The molecule has 0 bridgehead atoms. The first-order valence-corrected chi connectivity index (χ1v) is 8.75. The van der Waals surface area contributed by atoms with Gasteiger partial charge >= 0.3 is 0 Å². The van der Waals surface area contributed by atoms with Crippen LogP contribution in [0.2, 0.25) is 0 Å². The van der Waals surface area contributed by atoms with Crippen LogP contribution in [-0.2, 0) is 0 Å². The molecular weight excluding hydrogens is 298 g/mol. The molecule has 4 heteroatoms. The topological polar surface area (TPSA) is 51.3 Å². The highest BCUT2D eigenvalue weighted by molar-refractivity contribution is 5.96. The molecule has 0 radical (unpaired) electrons. The van der Waals surface area contributed by atoms with Crippen LogP contribution >= 0.6 is 0 Å². The molecule has 0 unspecified atom stereocenters. The highest BCUT2D eigenvalue weighted by Crippen LogP contribution is 2.27. The average molecular weight is 325 g/mol. The van der Waals surface area contributed by atoms with Gasteiger partial charge in [-0.25, -0.2) is 0 Å². The third kappa shape index (κ3) is 2.98. The summed E-state index contributed by atoms with van der Waals surface area (Å²) in [5, 5.41) is 0. The standard InChI is InChI=1S/C20H27N3O/c1-14-11-19(20(24)22-10-9-17(12-21)13-22)16(3)23(14)15(2)18-7-5-4-6-8-18/h4-8,11,15,17H,9-10,12-13,21H2,1-3H3/t15-,17+/m1/s1. The average Bonchev–Trinajstić information content (AvgIpc) is 3.19. The zero-order valence-corrected chi connectivity index (χ0v) is 14.8. The minimum absolute atomic E-state index is 0.144. The molecule has 1 fully saturated rings. The summed E-state index contributed by atoms with van der Waals surface area (Å²) in [6.45, 7) is 8.58. The van der Waals surface area contributed by atoms with Crippen LogP contribution in [0.3, 0.4) is 0 Å². The van der Waals surface area contributed by atoms with Crippen LogP contribution in [-0.4, -0.2) is 35.0 Å². The van der Waals surface area contributed by atoms with Gasteiger partial charge in [0.2, 0.25) is 0 Å². The van der Waals surface area contributed by atoms with Crippen molar-refractivity contribution in [2.24, 2.45) is 11.7 Å². The summed E-state index contributed by atoms with van der Waals surface area (Å²) < 4.78 is 2.26. The fourth-order valence-corrected chi connectivity index (χ4v) is 3.85. The molecule has 1 aromatic carbocycles. The molecule has 1 aliphatic rings. The number of amides is 1. The van der Waals surface area contributed by atoms with Crippen LogP contribution in [0.5, 0.6) is 0 Å². The number of hydrogen-bond acceptors (Lipinski definition) is 2. The predicted molar refractivity (Wildman–Crippen MR) is 97.2 cm³/mol. The molecule has 2 atom stereocenters. The minimum atomic E-state index is 0.144. The van der Waals surface area contributed by atoms with Crippen LogP contribution in [0.25, 0.3) is 0 Å². The smallest absolute Gasteiger partial charge is 0.255 e. The molecule has 1 aromatic heterocycles. The maximum absolute atomic E-state index is 12.9.